The number of hydrogen-bond donors (Lipinski definition) is 2. The molecule has 16 heavy (non-hydrogen) atoms. The van der Waals surface area contributed by atoms with Gasteiger partial charge in [-0.2, -0.15) is 0 Å². The van der Waals surface area contributed by atoms with Crippen LogP contribution in [-0.2, 0) is 4.79 Å². The molecule has 1 aliphatic heterocycles. The van der Waals surface area contributed by atoms with Gasteiger partial charge in [0.05, 0.1) is 5.92 Å². The highest BCUT2D eigenvalue weighted by molar-refractivity contribution is 9.11. The molecule has 0 saturated heterocycles. The minimum Gasteiger partial charge on any atom is -0.384 e. The van der Waals surface area contributed by atoms with Gasteiger partial charge in [-0.1, -0.05) is 40.7 Å². The van der Waals surface area contributed by atoms with Gasteiger partial charge in [-0.05, 0) is 11.6 Å². The second kappa shape index (κ2) is 4.70. The molecule has 2 N–H and O–H groups in total. The fraction of sp³-hybridized carbons (Fsp3) is 0.250. The number of fused-ring (bicyclic) bond motifs is 1. The third-order valence-electron chi connectivity index (χ3n) is 2.60. The zero-order valence-electron chi connectivity index (χ0n) is 8.79. The summed E-state index contributed by atoms with van der Waals surface area (Å²) in [6, 6.07) is 7.90. The van der Waals surface area contributed by atoms with E-state index in [0.29, 0.717) is 13.1 Å². The van der Waals surface area contributed by atoms with E-state index < -0.39 is 0 Å². The second-order valence-electron chi connectivity index (χ2n) is 3.76. The maximum atomic E-state index is 11.9. The maximum Gasteiger partial charge on any atom is 0.229 e. The van der Waals surface area contributed by atoms with Crippen LogP contribution >= 0.6 is 15.9 Å². The van der Waals surface area contributed by atoms with Crippen molar-refractivity contribution in [3.8, 4) is 0 Å². The van der Waals surface area contributed by atoms with E-state index >= 15 is 0 Å². The van der Waals surface area contributed by atoms with Crippen LogP contribution in [0.1, 0.15) is 11.5 Å². The van der Waals surface area contributed by atoms with Gasteiger partial charge in [0.25, 0.3) is 0 Å². The van der Waals surface area contributed by atoms with Crippen molar-refractivity contribution >= 4 is 27.5 Å². The SMILES string of the molecule is C=C(Br)CNC(=O)C1CNc2ccccc21. The molecule has 1 aromatic carbocycles. The first-order chi connectivity index (χ1) is 7.68. The zero-order chi connectivity index (χ0) is 11.5. The van der Waals surface area contributed by atoms with Crippen molar-refractivity contribution in [1.29, 1.82) is 0 Å². The summed E-state index contributed by atoms with van der Waals surface area (Å²) in [5.41, 5.74) is 2.13. The van der Waals surface area contributed by atoms with E-state index in [4.69, 9.17) is 0 Å². The van der Waals surface area contributed by atoms with Gasteiger partial charge >= 0.3 is 0 Å². The Labute approximate surface area is 103 Å². The van der Waals surface area contributed by atoms with Crippen LogP contribution in [0.15, 0.2) is 35.3 Å². The van der Waals surface area contributed by atoms with Gasteiger partial charge in [0.2, 0.25) is 5.91 Å². The molecule has 1 aliphatic rings. The third-order valence-corrected chi connectivity index (χ3v) is 2.88. The lowest BCUT2D eigenvalue weighted by Crippen LogP contribution is -2.31. The number of nitrogens with one attached hydrogen (secondary N) is 2. The maximum absolute atomic E-state index is 11.9. The van der Waals surface area contributed by atoms with Crippen molar-refractivity contribution in [2.24, 2.45) is 0 Å². The summed E-state index contributed by atoms with van der Waals surface area (Å²) < 4.78 is 0.778. The van der Waals surface area contributed by atoms with E-state index in [9.17, 15) is 4.79 Å². The van der Waals surface area contributed by atoms with Crippen LogP contribution in [0.3, 0.4) is 0 Å². The molecule has 3 nitrogen and oxygen atoms in total. The first-order valence-corrected chi connectivity index (χ1v) is 5.91. The topological polar surface area (TPSA) is 41.1 Å². The van der Waals surface area contributed by atoms with Crippen molar-refractivity contribution < 1.29 is 4.79 Å². The highest BCUT2D eigenvalue weighted by Crippen LogP contribution is 2.30. The smallest absolute Gasteiger partial charge is 0.229 e. The van der Waals surface area contributed by atoms with Crippen molar-refractivity contribution in [2.75, 3.05) is 18.4 Å². The number of rotatable bonds is 3. The Morgan fingerprint density at radius 2 is 2.31 bits per heavy atom. The standard InChI is InChI=1S/C12H13BrN2O/c1-8(13)6-15-12(16)10-7-14-11-5-3-2-4-9(10)11/h2-5,10,14H,1,6-7H2,(H,15,16). The van der Waals surface area contributed by atoms with Crippen LogP contribution in [0.5, 0.6) is 0 Å². The Bertz CT molecular complexity index is 431. The van der Waals surface area contributed by atoms with Crippen molar-refractivity contribution in [3.05, 3.63) is 40.9 Å². The van der Waals surface area contributed by atoms with Crippen LogP contribution in [0.25, 0.3) is 0 Å². The fourth-order valence-corrected chi connectivity index (χ4v) is 1.96. The van der Waals surface area contributed by atoms with Crippen LogP contribution in [0, 0.1) is 0 Å². The average molecular weight is 281 g/mol. The Balaban J connectivity index is 2.07. The van der Waals surface area contributed by atoms with Gasteiger partial charge in [-0.15, -0.1) is 0 Å². The van der Waals surface area contributed by atoms with Crippen molar-refractivity contribution in [2.45, 2.75) is 5.92 Å². The Morgan fingerprint density at radius 3 is 3.06 bits per heavy atom. The zero-order valence-corrected chi connectivity index (χ0v) is 10.4. The van der Waals surface area contributed by atoms with E-state index in [0.717, 1.165) is 15.7 Å². The summed E-state index contributed by atoms with van der Waals surface area (Å²) in [4.78, 5) is 11.9. The van der Waals surface area contributed by atoms with E-state index in [-0.39, 0.29) is 11.8 Å². The molecule has 1 unspecified atom stereocenters. The van der Waals surface area contributed by atoms with E-state index in [2.05, 4.69) is 33.1 Å². The minimum absolute atomic E-state index is 0.0399. The molecule has 84 valence electrons. The largest absolute Gasteiger partial charge is 0.384 e. The Kier molecular flexibility index (Phi) is 3.29. The van der Waals surface area contributed by atoms with Gasteiger partial charge < -0.3 is 10.6 Å². The summed E-state index contributed by atoms with van der Waals surface area (Å²) in [6.07, 6.45) is 0. The molecule has 1 amide bonds. The third kappa shape index (κ3) is 2.27. The first-order valence-electron chi connectivity index (χ1n) is 5.12. The molecule has 1 aromatic rings. The summed E-state index contributed by atoms with van der Waals surface area (Å²) in [5, 5.41) is 6.06. The molecule has 0 radical (unpaired) electrons. The fourth-order valence-electron chi connectivity index (χ4n) is 1.82. The average Bonchev–Trinajstić information content (AvgIpc) is 2.69. The summed E-state index contributed by atoms with van der Waals surface area (Å²) in [5.74, 6) is -0.0545. The number of carbonyl (C=O) groups excluding carboxylic acids is 1. The summed E-state index contributed by atoms with van der Waals surface area (Å²) in [7, 11) is 0. The Morgan fingerprint density at radius 1 is 1.56 bits per heavy atom. The number of benzene rings is 1. The molecule has 0 saturated carbocycles. The van der Waals surface area contributed by atoms with Gasteiger partial charge in [-0.3, -0.25) is 4.79 Å². The normalized spacial score (nSPS) is 17.4. The molecule has 1 heterocycles. The molecule has 1 atom stereocenters. The number of halogens is 1. The Hall–Kier alpha value is -1.29. The first kappa shape index (κ1) is 11.2. The second-order valence-corrected chi connectivity index (χ2v) is 4.88. The van der Waals surface area contributed by atoms with E-state index in [1.165, 1.54) is 0 Å². The molecule has 0 aromatic heterocycles. The predicted molar refractivity (Wildman–Crippen MR) is 68.7 cm³/mol. The molecule has 0 bridgehead atoms. The van der Waals surface area contributed by atoms with Crippen molar-refractivity contribution in [3.63, 3.8) is 0 Å². The van der Waals surface area contributed by atoms with Gasteiger partial charge in [-0.25, -0.2) is 0 Å². The van der Waals surface area contributed by atoms with Gasteiger partial charge in [0.1, 0.15) is 0 Å². The van der Waals surface area contributed by atoms with Crippen LogP contribution in [-0.4, -0.2) is 19.0 Å². The quantitative estimate of drug-likeness (QED) is 0.892. The lowest BCUT2D eigenvalue weighted by molar-refractivity contribution is -0.121. The van der Waals surface area contributed by atoms with Crippen molar-refractivity contribution in [1.82, 2.24) is 5.32 Å². The highest BCUT2D eigenvalue weighted by atomic mass is 79.9. The lowest BCUT2D eigenvalue weighted by Gasteiger charge is -2.10. The minimum atomic E-state index is -0.0944. The molecular formula is C12H13BrN2O. The lowest BCUT2D eigenvalue weighted by atomic mass is 10.0. The van der Waals surface area contributed by atoms with Gasteiger partial charge in [0, 0.05) is 23.3 Å². The van der Waals surface area contributed by atoms with Gasteiger partial charge in [0.15, 0.2) is 0 Å². The highest BCUT2D eigenvalue weighted by Gasteiger charge is 2.27. The summed E-state index contributed by atoms with van der Waals surface area (Å²) >= 11 is 3.22. The molecule has 4 heteroatoms. The number of anilines is 1. The number of amides is 1. The molecular weight excluding hydrogens is 268 g/mol. The summed E-state index contributed by atoms with van der Waals surface area (Å²) in [6.45, 7) is 4.82. The van der Waals surface area contributed by atoms with Crippen LogP contribution in [0.4, 0.5) is 5.69 Å². The monoisotopic (exact) mass is 280 g/mol. The van der Waals surface area contributed by atoms with Crippen LogP contribution < -0.4 is 10.6 Å². The van der Waals surface area contributed by atoms with E-state index in [1.54, 1.807) is 0 Å². The molecule has 2 rings (SSSR count). The van der Waals surface area contributed by atoms with E-state index in [1.807, 2.05) is 24.3 Å². The number of hydrogen-bond acceptors (Lipinski definition) is 2. The predicted octanol–water partition coefficient (Wildman–Crippen LogP) is 2.22. The molecule has 0 fully saturated rings. The molecule has 0 aliphatic carbocycles. The number of para-hydroxylation sites is 1. The van der Waals surface area contributed by atoms with Crippen LogP contribution in [0.2, 0.25) is 0 Å². The number of carbonyl (C=O) groups is 1. The molecule has 0 spiro atoms.